The SMILES string of the molecule is Cc1nc2ncnn2c(C)c1CCC(=O)NC(C)CO. The number of hydrogen-bond donors (Lipinski definition) is 2. The van der Waals surface area contributed by atoms with Gasteiger partial charge in [0.15, 0.2) is 0 Å². The number of aliphatic hydroxyl groups excluding tert-OH is 1. The van der Waals surface area contributed by atoms with E-state index in [4.69, 9.17) is 5.11 Å². The van der Waals surface area contributed by atoms with E-state index in [2.05, 4.69) is 20.4 Å². The maximum atomic E-state index is 11.7. The summed E-state index contributed by atoms with van der Waals surface area (Å²) < 4.78 is 1.68. The van der Waals surface area contributed by atoms with Crippen LogP contribution in [0.5, 0.6) is 0 Å². The van der Waals surface area contributed by atoms with Crippen LogP contribution < -0.4 is 5.32 Å². The van der Waals surface area contributed by atoms with Gasteiger partial charge >= 0.3 is 0 Å². The molecule has 7 nitrogen and oxygen atoms in total. The molecule has 1 amide bonds. The highest BCUT2D eigenvalue weighted by Gasteiger charge is 2.13. The third-order valence-corrected chi connectivity index (χ3v) is 3.27. The summed E-state index contributed by atoms with van der Waals surface area (Å²) in [7, 11) is 0. The molecule has 1 atom stereocenters. The molecule has 2 N–H and O–H groups in total. The van der Waals surface area contributed by atoms with E-state index in [0.29, 0.717) is 18.6 Å². The lowest BCUT2D eigenvalue weighted by atomic mass is 10.1. The van der Waals surface area contributed by atoms with Crippen molar-refractivity contribution in [1.29, 1.82) is 0 Å². The van der Waals surface area contributed by atoms with Gasteiger partial charge in [-0.3, -0.25) is 4.79 Å². The van der Waals surface area contributed by atoms with Crippen LogP contribution in [0.15, 0.2) is 6.33 Å². The highest BCUT2D eigenvalue weighted by atomic mass is 16.3. The number of nitrogens with zero attached hydrogens (tertiary/aromatic N) is 4. The van der Waals surface area contributed by atoms with Gasteiger partial charge in [-0.2, -0.15) is 10.1 Å². The van der Waals surface area contributed by atoms with Crippen LogP contribution in [0.25, 0.3) is 5.78 Å². The molecule has 0 aliphatic heterocycles. The van der Waals surface area contributed by atoms with Gasteiger partial charge in [-0.25, -0.2) is 9.50 Å². The van der Waals surface area contributed by atoms with Gasteiger partial charge in [-0.1, -0.05) is 0 Å². The van der Waals surface area contributed by atoms with Crippen molar-refractivity contribution in [2.24, 2.45) is 0 Å². The Kier molecular flexibility index (Phi) is 4.29. The van der Waals surface area contributed by atoms with E-state index in [1.165, 1.54) is 6.33 Å². The van der Waals surface area contributed by atoms with Crippen LogP contribution in [-0.2, 0) is 11.2 Å². The third-order valence-electron chi connectivity index (χ3n) is 3.27. The number of carbonyl (C=O) groups excluding carboxylic acids is 1. The summed E-state index contributed by atoms with van der Waals surface area (Å²) in [4.78, 5) is 20.2. The summed E-state index contributed by atoms with van der Waals surface area (Å²) in [6, 6.07) is -0.222. The van der Waals surface area contributed by atoms with Crippen LogP contribution in [-0.4, -0.2) is 43.2 Å². The first-order valence-electron chi connectivity index (χ1n) is 6.59. The number of aliphatic hydroxyl groups is 1. The van der Waals surface area contributed by atoms with E-state index < -0.39 is 0 Å². The van der Waals surface area contributed by atoms with Crippen molar-refractivity contribution < 1.29 is 9.90 Å². The molecule has 108 valence electrons. The second kappa shape index (κ2) is 5.96. The number of amides is 1. The smallest absolute Gasteiger partial charge is 0.252 e. The molecule has 2 heterocycles. The van der Waals surface area contributed by atoms with Crippen molar-refractivity contribution in [3.63, 3.8) is 0 Å². The topological polar surface area (TPSA) is 92.4 Å². The molecule has 0 radical (unpaired) electrons. The Balaban J connectivity index is 2.11. The number of fused-ring (bicyclic) bond motifs is 1. The van der Waals surface area contributed by atoms with E-state index >= 15 is 0 Å². The predicted molar refractivity (Wildman–Crippen MR) is 73.3 cm³/mol. The Bertz CT molecular complexity index is 622. The summed E-state index contributed by atoms with van der Waals surface area (Å²) in [5, 5.41) is 15.8. The molecule has 0 aliphatic carbocycles. The van der Waals surface area contributed by atoms with Crippen LogP contribution in [0, 0.1) is 13.8 Å². The fourth-order valence-electron chi connectivity index (χ4n) is 2.15. The molecular formula is C13H19N5O2. The largest absolute Gasteiger partial charge is 0.394 e. The first-order chi connectivity index (χ1) is 9.52. The minimum Gasteiger partial charge on any atom is -0.394 e. The normalized spacial score (nSPS) is 12.6. The van der Waals surface area contributed by atoms with Crippen LogP contribution in [0.1, 0.15) is 30.3 Å². The van der Waals surface area contributed by atoms with Crippen LogP contribution in [0.4, 0.5) is 0 Å². The zero-order valence-corrected chi connectivity index (χ0v) is 11.9. The van der Waals surface area contributed by atoms with E-state index in [9.17, 15) is 4.79 Å². The minimum absolute atomic E-state index is 0.0593. The molecule has 0 saturated heterocycles. The summed E-state index contributed by atoms with van der Waals surface area (Å²) >= 11 is 0. The number of aryl methyl sites for hydroxylation is 2. The van der Waals surface area contributed by atoms with Gasteiger partial charge in [0.1, 0.15) is 6.33 Å². The Morgan fingerprint density at radius 1 is 1.50 bits per heavy atom. The Labute approximate surface area is 117 Å². The molecule has 0 spiro atoms. The molecule has 7 heteroatoms. The van der Waals surface area contributed by atoms with Crippen molar-refractivity contribution >= 4 is 11.7 Å². The zero-order chi connectivity index (χ0) is 14.7. The highest BCUT2D eigenvalue weighted by molar-refractivity contribution is 5.76. The van der Waals surface area contributed by atoms with Crippen LogP contribution in [0.2, 0.25) is 0 Å². The molecule has 2 rings (SSSR count). The predicted octanol–water partition coefficient (Wildman–Crippen LogP) is 0.171. The summed E-state index contributed by atoms with van der Waals surface area (Å²) in [6.07, 6.45) is 2.41. The average Bonchev–Trinajstić information content (AvgIpc) is 2.86. The summed E-state index contributed by atoms with van der Waals surface area (Å²) in [5.74, 6) is 0.492. The maximum absolute atomic E-state index is 11.7. The monoisotopic (exact) mass is 277 g/mol. The van der Waals surface area contributed by atoms with Gasteiger partial charge in [-0.15, -0.1) is 0 Å². The minimum atomic E-state index is -0.222. The van der Waals surface area contributed by atoms with Crippen LogP contribution >= 0.6 is 0 Å². The molecule has 2 aromatic rings. The van der Waals surface area contributed by atoms with Gasteiger partial charge in [0.2, 0.25) is 5.91 Å². The van der Waals surface area contributed by atoms with Crippen molar-refractivity contribution in [2.45, 2.75) is 39.7 Å². The second-order valence-electron chi connectivity index (χ2n) is 4.88. The lowest BCUT2D eigenvalue weighted by Gasteiger charge is -2.12. The third kappa shape index (κ3) is 2.93. The molecule has 0 aliphatic rings. The van der Waals surface area contributed by atoms with Crippen molar-refractivity contribution in [3.8, 4) is 0 Å². The first-order valence-corrected chi connectivity index (χ1v) is 6.59. The number of aromatic nitrogens is 4. The van der Waals surface area contributed by atoms with E-state index in [-0.39, 0.29) is 18.6 Å². The number of carbonyl (C=O) groups is 1. The Morgan fingerprint density at radius 2 is 2.25 bits per heavy atom. The Hall–Kier alpha value is -2.02. The van der Waals surface area contributed by atoms with Crippen molar-refractivity contribution in [1.82, 2.24) is 24.9 Å². The summed E-state index contributed by atoms with van der Waals surface area (Å²) in [5.41, 5.74) is 2.83. The van der Waals surface area contributed by atoms with E-state index in [1.807, 2.05) is 13.8 Å². The molecule has 0 bridgehead atoms. The van der Waals surface area contributed by atoms with Crippen LogP contribution in [0.3, 0.4) is 0 Å². The van der Waals surface area contributed by atoms with Gasteiger partial charge in [-0.05, 0) is 32.8 Å². The summed E-state index contributed by atoms with van der Waals surface area (Å²) in [6.45, 7) is 5.55. The van der Waals surface area contributed by atoms with E-state index in [0.717, 1.165) is 17.0 Å². The molecule has 1 unspecified atom stereocenters. The average molecular weight is 277 g/mol. The molecule has 0 fully saturated rings. The number of nitrogens with one attached hydrogen (secondary N) is 1. The molecular weight excluding hydrogens is 258 g/mol. The number of hydrogen-bond acceptors (Lipinski definition) is 5. The Morgan fingerprint density at radius 3 is 2.95 bits per heavy atom. The second-order valence-corrected chi connectivity index (χ2v) is 4.88. The van der Waals surface area contributed by atoms with Crippen molar-refractivity contribution in [2.75, 3.05) is 6.61 Å². The lowest BCUT2D eigenvalue weighted by molar-refractivity contribution is -0.121. The van der Waals surface area contributed by atoms with Gasteiger partial charge in [0, 0.05) is 23.9 Å². The quantitative estimate of drug-likeness (QED) is 0.813. The number of rotatable bonds is 5. The zero-order valence-electron chi connectivity index (χ0n) is 11.9. The lowest BCUT2D eigenvalue weighted by Crippen LogP contribution is -2.35. The van der Waals surface area contributed by atoms with Gasteiger partial charge in [0.25, 0.3) is 5.78 Å². The maximum Gasteiger partial charge on any atom is 0.252 e. The standard InChI is InChI=1S/C13H19N5O2/c1-8(6-19)16-12(20)5-4-11-9(2)17-13-14-7-15-18(13)10(11)3/h7-8,19H,4-6H2,1-3H3,(H,16,20). The fourth-order valence-corrected chi connectivity index (χ4v) is 2.15. The van der Waals surface area contributed by atoms with Crippen molar-refractivity contribution in [3.05, 3.63) is 23.3 Å². The molecule has 20 heavy (non-hydrogen) atoms. The van der Waals surface area contributed by atoms with Gasteiger partial charge < -0.3 is 10.4 Å². The highest BCUT2D eigenvalue weighted by Crippen LogP contribution is 2.14. The van der Waals surface area contributed by atoms with Gasteiger partial charge in [0.05, 0.1) is 6.61 Å². The molecule has 2 aromatic heterocycles. The fraction of sp³-hybridized carbons (Fsp3) is 0.538. The molecule has 0 saturated carbocycles. The molecule has 0 aromatic carbocycles. The first kappa shape index (κ1) is 14.4. The van der Waals surface area contributed by atoms with E-state index in [1.54, 1.807) is 11.4 Å².